The molecule has 0 aromatic carbocycles. The summed E-state index contributed by atoms with van der Waals surface area (Å²) in [5, 5.41) is 2.73. The molecule has 0 aliphatic carbocycles. The maximum atomic E-state index is 11.8. The molecular weight excluding hydrogens is 208 g/mol. The quantitative estimate of drug-likeness (QED) is 0.672. The zero-order valence-corrected chi connectivity index (χ0v) is 10.8. The predicted molar refractivity (Wildman–Crippen MR) is 62.0 cm³/mol. The van der Waals surface area contributed by atoms with Gasteiger partial charge in [0.05, 0.1) is 6.61 Å². The van der Waals surface area contributed by atoms with Crippen molar-refractivity contribution in [3.05, 3.63) is 0 Å². The highest BCUT2D eigenvalue weighted by Crippen LogP contribution is 2.13. The first-order valence-corrected chi connectivity index (χ1v) is 5.41. The molecule has 0 rings (SSSR count). The molecule has 0 saturated heterocycles. The van der Waals surface area contributed by atoms with Gasteiger partial charge in [-0.1, -0.05) is 6.92 Å². The lowest BCUT2D eigenvalue weighted by molar-refractivity contribution is -0.143. The van der Waals surface area contributed by atoms with Gasteiger partial charge in [-0.05, 0) is 13.8 Å². The van der Waals surface area contributed by atoms with Crippen LogP contribution in [0, 0.1) is 0 Å². The van der Waals surface area contributed by atoms with Crippen LogP contribution in [0.15, 0.2) is 0 Å². The molecule has 0 radical (unpaired) electrons. The average Bonchev–Trinajstić information content (AvgIpc) is 2.26. The van der Waals surface area contributed by atoms with Gasteiger partial charge in [-0.25, -0.2) is 0 Å². The van der Waals surface area contributed by atoms with Crippen molar-refractivity contribution in [3.63, 3.8) is 0 Å². The highest BCUT2D eigenvalue weighted by Gasteiger charge is 2.34. The molecule has 16 heavy (non-hydrogen) atoms. The number of likely N-dealkylation sites (N-methyl/N-ethyl adjacent to an activating group) is 1. The molecule has 0 aromatic heterocycles. The third kappa shape index (κ3) is 3.81. The van der Waals surface area contributed by atoms with E-state index in [0.29, 0.717) is 19.6 Å². The predicted octanol–water partition coefficient (Wildman–Crippen LogP) is 0.396. The van der Waals surface area contributed by atoms with Crippen LogP contribution in [0.2, 0.25) is 0 Å². The number of carbonyl (C=O) groups excluding carboxylic acids is 2. The molecule has 0 bridgehead atoms. The van der Waals surface area contributed by atoms with E-state index in [1.165, 1.54) is 4.90 Å². The number of methoxy groups -OCH3 is 1. The van der Waals surface area contributed by atoms with E-state index in [2.05, 4.69) is 5.32 Å². The third-order valence-corrected chi connectivity index (χ3v) is 2.66. The molecule has 0 fully saturated rings. The van der Waals surface area contributed by atoms with Crippen molar-refractivity contribution in [1.29, 1.82) is 0 Å². The molecule has 0 aromatic rings. The van der Waals surface area contributed by atoms with Gasteiger partial charge in [-0.15, -0.1) is 0 Å². The van der Waals surface area contributed by atoms with Crippen molar-refractivity contribution < 1.29 is 14.3 Å². The maximum Gasteiger partial charge on any atom is 0.245 e. The molecule has 5 heteroatoms. The standard InChI is InChI=1S/C11H22N2O3/c1-6-9(14)13(4)11(2,3)10(15)12-7-8-16-5/h6-8H2,1-5H3,(H,12,15). The Morgan fingerprint density at radius 1 is 1.38 bits per heavy atom. The Kier molecular flexibility index (Phi) is 6.03. The molecule has 1 N–H and O–H groups in total. The van der Waals surface area contributed by atoms with Gasteiger partial charge in [0.15, 0.2) is 0 Å². The van der Waals surface area contributed by atoms with E-state index in [-0.39, 0.29) is 11.8 Å². The lowest BCUT2D eigenvalue weighted by Gasteiger charge is -2.34. The van der Waals surface area contributed by atoms with Crippen LogP contribution in [0.5, 0.6) is 0 Å². The Balaban J connectivity index is 4.40. The molecule has 0 saturated carbocycles. The zero-order valence-electron chi connectivity index (χ0n) is 10.8. The number of rotatable bonds is 6. The normalized spacial score (nSPS) is 11.1. The topological polar surface area (TPSA) is 58.6 Å². The summed E-state index contributed by atoms with van der Waals surface area (Å²) in [5.41, 5.74) is -0.833. The van der Waals surface area contributed by atoms with Gasteiger partial charge in [0.2, 0.25) is 11.8 Å². The van der Waals surface area contributed by atoms with Gasteiger partial charge in [-0.3, -0.25) is 9.59 Å². The van der Waals surface area contributed by atoms with Gasteiger partial charge in [0.25, 0.3) is 0 Å². The number of hydrogen-bond donors (Lipinski definition) is 1. The van der Waals surface area contributed by atoms with Crippen molar-refractivity contribution in [2.45, 2.75) is 32.7 Å². The fourth-order valence-corrected chi connectivity index (χ4v) is 1.18. The van der Waals surface area contributed by atoms with Crippen LogP contribution in [0.25, 0.3) is 0 Å². The number of hydrogen-bond acceptors (Lipinski definition) is 3. The first-order valence-electron chi connectivity index (χ1n) is 5.41. The van der Waals surface area contributed by atoms with Gasteiger partial charge in [0.1, 0.15) is 5.54 Å². The van der Waals surface area contributed by atoms with Crippen LogP contribution in [0.3, 0.4) is 0 Å². The molecule has 94 valence electrons. The van der Waals surface area contributed by atoms with Gasteiger partial charge in [0, 0.05) is 27.1 Å². The largest absolute Gasteiger partial charge is 0.383 e. The summed E-state index contributed by atoms with van der Waals surface area (Å²) in [6.45, 7) is 6.14. The number of nitrogens with one attached hydrogen (secondary N) is 1. The molecule has 0 heterocycles. The maximum absolute atomic E-state index is 11.8. The summed E-state index contributed by atoms with van der Waals surface area (Å²) in [7, 11) is 3.21. The van der Waals surface area contributed by atoms with Crippen LogP contribution < -0.4 is 5.32 Å². The van der Waals surface area contributed by atoms with E-state index in [0.717, 1.165) is 0 Å². The molecular formula is C11H22N2O3. The summed E-state index contributed by atoms with van der Waals surface area (Å²) in [5.74, 6) is -0.222. The summed E-state index contributed by atoms with van der Waals surface area (Å²) in [6.07, 6.45) is 0.394. The third-order valence-electron chi connectivity index (χ3n) is 2.66. The first-order chi connectivity index (χ1) is 7.37. The molecule has 0 unspecified atom stereocenters. The van der Waals surface area contributed by atoms with Crippen LogP contribution in [0.1, 0.15) is 27.2 Å². The van der Waals surface area contributed by atoms with Crippen LogP contribution in [0.4, 0.5) is 0 Å². The van der Waals surface area contributed by atoms with E-state index in [1.807, 2.05) is 0 Å². The number of ether oxygens (including phenoxy) is 1. The fraction of sp³-hybridized carbons (Fsp3) is 0.818. The molecule has 0 aliphatic heterocycles. The second-order valence-corrected chi connectivity index (χ2v) is 4.11. The summed E-state index contributed by atoms with van der Waals surface area (Å²) in [6, 6.07) is 0. The Hall–Kier alpha value is -1.10. The Bertz CT molecular complexity index is 252. The summed E-state index contributed by atoms with van der Waals surface area (Å²) < 4.78 is 4.84. The van der Waals surface area contributed by atoms with Crippen LogP contribution in [-0.4, -0.2) is 49.6 Å². The fourth-order valence-electron chi connectivity index (χ4n) is 1.18. The second-order valence-electron chi connectivity index (χ2n) is 4.11. The molecule has 2 amide bonds. The van der Waals surface area contributed by atoms with E-state index in [1.54, 1.807) is 34.9 Å². The van der Waals surface area contributed by atoms with E-state index in [4.69, 9.17) is 4.74 Å². The summed E-state index contributed by atoms with van der Waals surface area (Å²) >= 11 is 0. The Morgan fingerprint density at radius 3 is 2.38 bits per heavy atom. The van der Waals surface area contributed by atoms with Crippen molar-refractivity contribution >= 4 is 11.8 Å². The smallest absolute Gasteiger partial charge is 0.245 e. The summed E-state index contributed by atoms with van der Waals surface area (Å²) in [4.78, 5) is 24.8. The minimum Gasteiger partial charge on any atom is -0.383 e. The second kappa shape index (κ2) is 6.48. The van der Waals surface area contributed by atoms with E-state index < -0.39 is 5.54 Å². The number of nitrogens with zero attached hydrogens (tertiary/aromatic N) is 1. The highest BCUT2D eigenvalue weighted by molar-refractivity contribution is 5.90. The molecule has 0 aliphatic rings. The highest BCUT2D eigenvalue weighted by atomic mass is 16.5. The lowest BCUT2D eigenvalue weighted by atomic mass is 10.0. The van der Waals surface area contributed by atoms with Gasteiger partial charge < -0.3 is 15.0 Å². The number of amides is 2. The van der Waals surface area contributed by atoms with Crippen LogP contribution >= 0.6 is 0 Å². The monoisotopic (exact) mass is 230 g/mol. The van der Waals surface area contributed by atoms with Crippen molar-refractivity contribution in [3.8, 4) is 0 Å². The number of carbonyl (C=O) groups is 2. The van der Waals surface area contributed by atoms with Crippen molar-refractivity contribution in [2.24, 2.45) is 0 Å². The van der Waals surface area contributed by atoms with Gasteiger partial charge >= 0.3 is 0 Å². The Labute approximate surface area is 97.1 Å². The zero-order chi connectivity index (χ0) is 12.8. The van der Waals surface area contributed by atoms with Gasteiger partial charge in [-0.2, -0.15) is 0 Å². The van der Waals surface area contributed by atoms with E-state index >= 15 is 0 Å². The molecule has 0 spiro atoms. The van der Waals surface area contributed by atoms with Crippen molar-refractivity contribution in [2.75, 3.05) is 27.3 Å². The molecule has 5 nitrogen and oxygen atoms in total. The lowest BCUT2D eigenvalue weighted by Crippen LogP contribution is -2.55. The molecule has 0 atom stereocenters. The minimum atomic E-state index is -0.833. The SMILES string of the molecule is CCC(=O)N(C)C(C)(C)C(=O)NCCOC. The minimum absolute atomic E-state index is 0.0492. The van der Waals surface area contributed by atoms with Crippen LogP contribution in [-0.2, 0) is 14.3 Å². The Morgan fingerprint density at radius 2 is 1.94 bits per heavy atom. The van der Waals surface area contributed by atoms with E-state index in [9.17, 15) is 9.59 Å². The van der Waals surface area contributed by atoms with Crippen molar-refractivity contribution in [1.82, 2.24) is 10.2 Å². The first kappa shape index (κ1) is 14.9. The average molecular weight is 230 g/mol.